The van der Waals surface area contributed by atoms with Crippen LogP contribution in [0.5, 0.6) is 0 Å². The minimum atomic E-state index is -2.66. The summed E-state index contributed by atoms with van der Waals surface area (Å²) in [4.78, 5) is 24.5. The summed E-state index contributed by atoms with van der Waals surface area (Å²) in [6.45, 7) is -0.285. The maximum atomic E-state index is 14.9. The third-order valence-corrected chi connectivity index (χ3v) is 6.80. The maximum Gasteiger partial charge on any atom is 0.275 e. The minimum absolute atomic E-state index is 0.0897. The Kier molecular flexibility index (Phi) is 6.05. The van der Waals surface area contributed by atoms with Crippen molar-refractivity contribution in [1.29, 1.82) is 0 Å². The summed E-state index contributed by atoms with van der Waals surface area (Å²) in [6.07, 6.45) is -1.80. The van der Waals surface area contributed by atoms with E-state index in [0.717, 1.165) is 6.21 Å². The van der Waals surface area contributed by atoms with Gasteiger partial charge in [-0.3, -0.25) is 19.8 Å². The summed E-state index contributed by atoms with van der Waals surface area (Å²) >= 11 is 1.33. The maximum absolute atomic E-state index is 14.9. The van der Waals surface area contributed by atoms with Crippen molar-refractivity contribution < 1.29 is 22.4 Å². The number of hydrogen-bond acceptors (Lipinski definition) is 6. The lowest BCUT2D eigenvalue weighted by Crippen LogP contribution is -2.45. The van der Waals surface area contributed by atoms with Crippen LogP contribution in [-0.2, 0) is 10.3 Å². The molecule has 31 heavy (non-hydrogen) atoms. The number of amidine groups is 1. The number of fused-ring (bicyclic) bond motifs is 1. The highest BCUT2D eigenvalue weighted by Crippen LogP contribution is 2.50. The summed E-state index contributed by atoms with van der Waals surface area (Å²) in [5.74, 6) is -0.849. The number of carbonyl (C=O) groups is 1. The first kappa shape index (κ1) is 21.8. The van der Waals surface area contributed by atoms with Crippen LogP contribution < -0.4 is 11.1 Å². The molecule has 1 aromatic rings. The van der Waals surface area contributed by atoms with Gasteiger partial charge in [0.2, 0.25) is 0 Å². The predicted octanol–water partition coefficient (Wildman–Crippen LogP) is 3.32. The molecule has 3 aliphatic rings. The summed E-state index contributed by atoms with van der Waals surface area (Å²) in [5.41, 5.74) is 5.40. The van der Waals surface area contributed by atoms with Crippen LogP contribution in [0.3, 0.4) is 0 Å². The first-order chi connectivity index (χ1) is 14.8. The number of halogens is 4. The van der Waals surface area contributed by atoms with Gasteiger partial charge in [0, 0.05) is 22.9 Å². The van der Waals surface area contributed by atoms with Gasteiger partial charge in [-0.25, -0.2) is 17.6 Å². The molecule has 1 amide bonds. The van der Waals surface area contributed by atoms with Gasteiger partial charge in [-0.15, -0.1) is 0 Å². The summed E-state index contributed by atoms with van der Waals surface area (Å²) in [6, 6.07) is 2.82. The lowest BCUT2D eigenvalue weighted by atomic mass is 9.69. The zero-order valence-electron chi connectivity index (χ0n) is 16.4. The molecule has 0 saturated heterocycles. The van der Waals surface area contributed by atoms with E-state index >= 15 is 0 Å². The van der Waals surface area contributed by atoms with Gasteiger partial charge in [-0.2, -0.15) is 0 Å². The highest BCUT2D eigenvalue weighted by Gasteiger charge is 2.48. The molecule has 0 bridgehead atoms. The highest BCUT2D eigenvalue weighted by atomic mass is 32.2. The molecule has 2 aliphatic heterocycles. The molecule has 3 N–H and O–H groups in total. The predicted molar refractivity (Wildman–Crippen MR) is 114 cm³/mol. The average molecular weight is 455 g/mol. The van der Waals surface area contributed by atoms with Crippen LogP contribution in [-0.4, -0.2) is 53.9 Å². The van der Waals surface area contributed by atoms with Gasteiger partial charge in [-0.1, -0.05) is 11.8 Å². The monoisotopic (exact) mass is 455 g/mol. The van der Waals surface area contributed by atoms with Gasteiger partial charge < -0.3 is 11.1 Å². The Bertz CT molecular complexity index is 969. The number of rotatable bonds is 4. The number of thioether (sulfide) groups is 1. The quantitative estimate of drug-likeness (QED) is 0.683. The van der Waals surface area contributed by atoms with Crippen LogP contribution in [0.15, 0.2) is 33.2 Å². The second-order valence-electron chi connectivity index (χ2n) is 7.81. The van der Waals surface area contributed by atoms with Crippen LogP contribution in [0.4, 0.5) is 23.2 Å². The van der Waals surface area contributed by atoms with E-state index in [2.05, 4.69) is 20.3 Å². The third kappa shape index (κ3) is 4.32. The molecule has 1 aromatic carbocycles. The molecule has 11 heteroatoms. The number of alkyl halides is 3. The standard InChI is InChI=1S/C20H21F4N5OS/c21-11-3-4-20(10(5-11)9-31-19(25)29-20)13-6-12(1-2-14(13)22)28-18(30)16-8-26-15(7-27-16)17(23)24/h1-2,6,8,10-11,15,17H,3-5,7,9H2,(H2,25,29)(H,28,30)/t10-,11+,15?,20-/m0/s1. The molecule has 2 heterocycles. The number of anilines is 1. The number of aliphatic imine (C=N–C) groups is 3. The number of carbonyl (C=O) groups excluding carboxylic acids is 1. The number of nitrogens with two attached hydrogens (primary N) is 1. The molecule has 4 rings (SSSR count). The number of hydrogen-bond donors (Lipinski definition) is 2. The van der Waals surface area contributed by atoms with E-state index < -0.39 is 35.9 Å². The SMILES string of the molecule is NC1=N[C@@]2(c3cc(NC(=O)C4=NCC(C(F)F)N=C4)ccc3F)CC[C@@H](F)C[C@H]2CS1. The summed E-state index contributed by atoms with van der Waals surface area (Å²) in [7, 11) is 0. The van der Waals surface area contributed by atoms with E-state index in [-0.39, 0.29) is 42.3 Å². The Labute approximate surface area is 180 Å². The van der Waals surface area contributed by atoms with Crippen LogP contribution in [0.1, 0.15) is 24.8 Å². The van der Waals surface area contributed by atoms with Gasteiger partial charge in [0.05, 0.1) is 18.3 Å². The lowest BCUT2D eigenvalue weighted by molar-refractivity contribution is -0.110. The fraction of sp³-hybridized carbons (Fsp3) is 0.500. The van der Waals surface area contributed by atoms with E-state index in [1.54, 1.807) is 0 Å². The molecule has 0 aromatic heterocycles. The Hall–Kier alpha value is -2.43. The van der Waals surface area contributed by atoms with Crippen LogP contribution >= 0.6 is 11.8 Å². The van der Waals surface area contributed by atoms with Crippen molar-refractivity contribution in [3.05, 3.63) is 29.6 Å². The second-order valence-corrected chi connectivity index (χ2v) is 8.85. The van der Waals surface area contributed by atoms with Crippen LogP contribution in [0, 0.1) is 11.7 Å². The lowest BCUT2D eigenvalue weighted by Gasteiger charge is -2.45. The fourth-order valence-corrected chi connectivity index (χ4v) is 5.25. The number of nitrogens with zero attached hydrogens (tertiary/aromatic N) is 3. The van der Waals surface area contributed by atoms with Crippen molar-refractivity contribution in [2.24, 2.45) is 26.6 Å². The Morgan fingerprint density at radius 1 is 1.35 bits per heavy atom. The minimum Gasteiger partial charge on any atom is -0.379 e. The van der Waals surface area contributed by atoms with Crippen LogP contribution in [0.25, 0.3) is 0 Å². The third-order valence-electron chi connectivity index (χ3n) is 5.85. The smallest absolute Gasteiger partial charge is 0.275 e. The molecular weight excluding hydrogens is 434 g/mol. The summed E-state index contributed by atoms with van der Waals surface area (Å²) in [5, 5.41) is 2.92. The van der Waals surface area contributed by atoms with Gasteiger partial charge in [0.1, 0.15) is 23.7 Å². The molecule has 1 fully saturated rings. The molecular formula is C20H21F4N5OS. The molecule has 1 aliphatic carbocycles. The van der Waals surface area contributed by atoms with E-state index in [1.165, 1.54) is 30.0 Å². The first-order valence-corrected chi connectivity index (χ1v) is 10.9. The average Bonchev–Trinajstić information content (AvgIpc) is 2.75. The Morgan fingerprint density at radius 2 is 2.16 bits per heavy atom. The number of benzene rings is 1. The topological polar surface area (TPSA) is 92.2 Å². The van der Waals surface area contributed by atoms with E-state index in [0.29, 0.717) is 17.3 Å². The molecule has 1 unspecified atom stereocenters. The van der Waals surface area contributed by atoms with E-state index in [4.69, 9.17) is 5.73 Å². The number of amides is 1. The molecule has 0 spiro atoms. The molecule has 0 radical (unpaired) electrons. The summed E-state index contributed by atoms with van der Waals surface area (Å²) < 4.78 is 54.3. The van der Waals surface area contributed by atoms with E-state index in [1.807, 2.05) is 0 Å². The van der Waals surface area contributed by atoms with Crippen LogP contribution in [0.2, 0.25) is 0 Å². The van der Waals surface area contributed by atoms with Crippen molar-refractivity contribution >= 4 is 40.5 Å². The molecule has 1 saturated carbocycles. The van der Waals surface area contributed by atoms with Crippen molar-refractivity contribution in [2.45, 2.75) is 43.4 Å². The zero-order chi connectivity index (χ0) is 22.2. The first-order valence-electron chi connectivity index (χ1n) is 9.88. The van der Waals surface area contributed by atoms with Gasteiger partial charge in [0.25, 0.3) is 12.3 Å². The van der Waals surface area contributed by atoms with Crippen molar-refractivity contribution in [2.75, 3.05) is 17.6 Å². The Balaban J connectivity index is 1.60. The highest BCUT2D eigenvalue weighted by molar-refractivity contribution is 8.13. The van der Waals surface area contributed by atoms with Gasteiger partial charge in [0.15, 0.2) is 5.17 Å². The van der Waals surface area contributed by atoms with Crippen molar-refractivity contribution in [1.82, 2.24) is 0 Å². The molecule has 4 atom stereocenters. The fourth-order valence-electron chi connectivity index (χ4n) is 4.24. The molecule has 6 nitrogen and oxygen atoms in total. The van der Waals surface area contributed by atoms with Crippen molar-refractivity contribution in [3.8, 4) is 0 Å². The van der Waals surface area contributed by atoms with Gasteiger partial charge in [-0.05, 0) is 37.5 Å². The molecule has 166 valence electrons. The van der Waals surface area contributed by atoms with Crippen molar-refractivity contribution in [3.63, 3.8) is 0 Å². The normalized spacial score (nSPS) is 30.4. The largest absolute Gasteiger partial charge is 0.379 e. The van der Waals surface area contributed by atoms with E-state index in [9.17, 15) is 22.4 Å². The van der Waals surface area contributed by atoms with Gasteiger partial charge >= 0.3 is 0 Å². The Morgan fingerprint density at radius 3 is 2.87 bits per heavy atom. The number of nitrogens with one attached hydrogen (secondary N) is 1. The zero-order valence-corrected chi connectivity index (χ0v) is 17.2. The second kappa shape index (κ2) is 8.60.